The molecule has 8 nitrogen and oxygen atoms in total. The molecular formula is C24H23F3N6O2. The molecule has 4 rings (SSSR count). The van der Waals surface area contributed by atoms with E-state index in [1.807, 2.05) is 60.7 Å². The van der Waals surface area contributed by atoms with Gasteiger partial charge in [0.25, 0.3) is 5.56 Å². The molecule has 2 aromatic carbocycles. The molecule has 0 radical (unpaired) electrons. The molecule has 0 saturated heterocycles. The van der Waals surface area contributed by atoms with Crippen molar-refractivity contribution in [1.82, 2.24) is 19.1 Å². The topological polar surface area (TPSA) is 102 Å². The maximum atomic E-state index is 13.1. The highest BCUT2D eigenvalue weighted by atomic mass is 19.4. The van der Waals surface area contributed by atoms with E-state index in [9.17, 15) is 22.8 Å². The second-order valence-electron chi connectivity index (χ2n) is 7.99. The molecule has 0 aliphatic heterocycles. The third-order valence-electron chi connectivity index (χ3n) is 5.41. The second-order valence-corrected chi connectivity index (χ2v) is 7.99. The van der Waals surface area contributed by atoms with Crippen LogP contribution in [0.25, 0.3) is 0 Å². The van der Waals surface area contributed by atoms with Crippen LogP contribution in [0.3, 0.4) is 0 Å². The van der Waals surface area contributed by atoms with Gasteiger partial charge in [-0.15, -0.1) is 0 Å². The first-order valence-corrected chi connectivity index (χ1v) is 10.7. The van der Waals surface area contributed by atoms with Gasteiger partial charge in [0.15, 0.2) is 0 Å². The summed E-state index contributed by atoms with van der Waals surface area (Å²) in [6, 6.07) is 18.2. The predicted molar refractivity (Wildman–Crippen MR) is 126 cm³/mol. The van der Waals surface area contributed by atoms with Gasteiger partial charge in [0.1, 0.15) is 23.9 Å². The number of anilines is 2. The average molecular weight is 484 g/mol. The van der Waals surface area contributed by atoms with E-state index < -0.39 is 24.0 Å². The van der Waals surface area contributed by atoms with Gasteiger partial charge in [0, 0.05) is 18.9 Å². The fourth-order valence-corrected chi connectivity index (χ4v) is 3.82. The number of benzene rings is 2. The van der Waals surface area contributed by atoms with Gasteiger partial charge >= 0.3 is 11.9 Å². The Hall–Kier alpha value is -4.28. The largest absolute Gasteiger partial charge is 0.406 e. The summed E-state index contributed by atoms with van der Waals surface area (Å²) in [6.45, 7) is -1.11. The number of nitrogen functional groups attached to an aromatic ring is 1. The van der Waals surface area contributed by atoms with Crippen LogP contribution >= 0.6 is 0 Å². The van der Waals surface area contributed by atoms with Crippen molar-refractivity contribution in [3.63, 3.8) is 0 Å². The first-order valence-electron chi connectivity index (χ1n) is 10.7. The quantitative estimate of drug-likeness (QED) is 0.400. The summed E-state index contributed by atoms with van der Waals surface area (Å²) < 4.78 is 41.4. The summed E-state index contributed by atoms with van der Waals surface area (Å²) in [6.07, 6.45) is -1.95. The molecule has 2 aromatic heterocycles. The predicted octanol–water partition coefficient (Wildman–Crippen LogP) is 3.13. The van der Waals surface area contributed by atoms with Gasteiger partial charge in [-0.25, -0.2) is 9.78 Å². The van der Waals surface area contributed by atoms with Crippen LogP contribution in [0.4, 0.5) is 24.7 Å². The molecule has 0 aliphatic rings. The van der Waals surface area contributed by atoms with E-state index in [2.05, 4.69) is 9.97 Å². The van der Waals surface area contributed by atoms with Crippen molar-refractivity contribution in [3.8, 4) is 0 Å². The zero-order chi connectivity index (χ0) is 25.0. The molecule has 11 heteroatoms. The van der Waals surface area contributed by atoms with E-state index in [0.29, 0.717) is 0 Å². The van der Waals surface area contributed by atoms with Crippen molar-refractivity contribution < 1.29 is 13.2 Å². The number of hydrogen-bond donors (Lipinski definition) is 2. The average Bonchev–Trinajstić information content (AvgIpc) is 3.22. The highest BCUT2D eigenvalue weighted by Crippen LogP contribution is 2.24. The number of aromatic amines is 1. The minimum Gasteiger partial charge on any atom is -0.383 e. The third kappa shape index (κ3) is 5.81. The van der Waals surface area contributed by atoms with Crippen LogP contribution < -0.4 is 21.9 Å². The number of halogens is 3. The minimum absolute atomic E-state index is 0.0223. The van der Waals surface area contributed by atoms with Crippen LogP contribution in [0.15, 0.2) is 82.6 Å². The first kappa shape index (κ1) is 23.9. The summed E-state index contributed by atoms with van der Waals surface area (Å²) >= 11 is 0. The van der Waals surface area contributed by atoms with E-state index in [1.165, 1.54) is 21.9 Å². The van der Waals surface area contributed by atoms with Gasteiger partial charge in [-0.1, -0.05) is 60.7 Å². The van der Waals surface area contributed by atoms with Gasteiger partial charge < -0.3 is 15.2 Å². The van der Waals surface area contributed by atoms with Crippen molar-refractivity contribution in [2.45, 2.75) is 32.4 Å². The number of nitrogens with zero attached hydrogens (tertiary/aromatic N) is 4. The monoisotopic (exact) mass is 484 g/mol. The smallest absolute Gasteiger partial charge is 0.383 e. The number of rotatable bonds is 8. The van der Waals surface area contributed by atoms with Crippen LogP contribution in [-0.4, -0.2) is 25.3 Å². The molecule has 3 N–H and O–H groups in total. The number of alkyl halides is 3. The molecule has 35 heavy (non-hydrogen) atoms. The lowest BCUT2D eigenvalue weighted by molar-refractivity contribution is -0.141. The number of aromatic nitrogens is 4. The van der Waals surface area contributed by atoms with E-state index in [-0.39, 0.29) is 37.0 Å². The molecule has 0 unspecified atom stereocenters. The van der Waals surface area contributed by atoms with E-state index in [1.54, 1.807) is 0 Å². The van der Waals surface area contributed by atoms with Crippen molar-refractivity contribution in [1.29, 1.82) is 0 Å². The Morgan fingerprint density at radius 2 is 1.57 bits per heavy atom. The van der Waals surface area contributed by atoms with Gasteiger partial charge in [0.2, 0.25) is 0 Å². The van der Waals surface area contributed by atoms with Crippen LogP contribution in [0, 0.1) is 0 Å². The molecule has 4 aromatic rings. The summed E-state index contributed by atoms with van der Waals surface area (Å²) in [4.78, 5) is 33.4. The van der Waals surface area contributed by atoms with Gasteiger partial charge in [-0.3, -0.25) is 14.3 Å². The number of H-pyrrole nitrogens is 1. The van der Waals surface area contributed by atoms with Gasteiger partial charge in [0.05, 0.1) is 13.1 Å². The number of imidazole rings is 1. The maximum absolute atomic E-state index is 13.1. The Labute approximate surface area is 198 Å². The lowest BCUT2D eigenvalue weighted by Gasteiger charge is -2.26. The normalized spacial score (nSPS) is 11.5. The van der Waals surface area contributed by atoms with Crippen molar-refractivity contribution in [3.05, 3.63) is 111 Å². The molecule has 0 spiro atoms. The number of nitrogens with two attached hydrogens (primary N) is 1. The zero-order valence-electron chi connectivity index (χ0n) is 18.6. The molecule has 0 atom stereocenters. The van der Waals surface area contributed by atoms with E-state index in [4.69, 9.17) is 5.73 Å². The van der Waals surface area contributed by atoms with Crippen LogP contribution in [0.5, 0.6) is 0 Å². The number of nitrogens with one attached hydrogen (secondary N) is 1. The van der Waals surface area contributed by atoms with Crippen LogP contribution in [0.2, 0.25) is 0 Å². The molecule has 0 saturated carbocycles. The summed E-state index contributed by atoms with van der Waals surface area (Å²) in [7, 11) is 0. The molecule has 2 heterocycles. The summed E-state index contributed by atoms with van der Waals surface area (Å²) in [5.74, 6) is 0.00493. The Morgan fingerprint density at radius 3 is 2.20 bits per heavy atom. The molecule has 182 valence electrons. The van der Waals surface area contributed by atoms with Gasteiger partial charge in [-0.2, -0.15) is 13.2 Å². The van der Waals surface area contributed by atoms with Crippen LogP contribution in [-0.2, 0) is 26.2 Å². The fraction of sp³-hybridized carbons (Fsp3) is 0.208. The summed E-state index contributed by atoms with van der Waals surface area (Å²) in [5.41, 5.74) is 6.49. The Morgan fingerprint density at radius 1 is 0.943 bits per heavy atom. The second kappa shape index (κ2) is 9.92. The molecule has 0 amide bonds. The third-order valence-corrected chi connectivity index (χ3v) is 5.41. The Bertz CT molecular complexity index is 1390. The Balaban J connectivity index is 1.78. The lowest BCUT2D eigenvalue weighted by atomic mass is 10.2. The van der Waals surface area contributed by atoms with Gasteiger partial charge in [-0.05, 0) is 11.1 Å². The van der Waals surface area contributed by atoms with E-state index >= 15 is 0 Å². The standard InChI is InChI=1S/C24H23F3N6O2/c25-24(26,27)16-31-12-11-29-19(31)15-32(13-17-7-3-1-4-8-17)20-21(28)33(23(35)30-22(20)34)14-18-9-5-2-6-10-18/h1-12H,13-16,28H2,(H,30,34,35). The van der Waals surface area contributed by atoms with Crippen molar-refractivity contribution >= 4 is 11.5 Å². The van der Waals surface area contributed by atoms with E-state index in [0.717, 1.165) is 15.7 Å². The molecular weight excluding hydrogens is 461 g/mol. The maximum Gasteiger partial charge on any atom is 0.406 e. The first-order chi connectivity index (χ1) is 16.7. The molecule has 0 aliphatic carbocycles. The zero-order valence-corrected chi connectivity index (χ0v) is 18.6. The Kier molecular flexibility index (Phi) is 6.76. The van der Waals surface area contributed by atoms with Crippen molar-refractivity contribution in [2.75, 3.05) is 10.6 Å². The molecule has 0 fully saturated rings. The minimum atomic E-state index is -4.45. The number of hydrogen-bond acceptors (Lipinski definition) is 5. The summed E-state index contributed by atoms with van der Waals surface area (Å²) in [5, 5.41) is 0. The highest BCUT2D eigenvalue weighted by molar-refractivity contribution is 5.62. The highest BCUT2D eigenvalue weighted by Gasteiger charge is 2.29. The fourth-order valence-electron chi connectivity index (χ4n) is 3.82. The molecule has 0 bridgehead atoms. The lowest BCUT2D eigenvalue weighted by Crippen LogP contribution is -2.38. The van der Waals surface area contributed by atoms with Crippen molar-refractivity contribution in [2.24, 2.45) is 0 Å². The van der Waals surface area contributed by atoms with Crippen LogP contribution in [0.1, 0.15) is 17.0 Å². The SMILES string of the molecule is Nc1c(N(Cc2ccccc2)Cc2nccn2CC(F)(F)F)c(=O)[nH]c(=O)n1Cc1ccccc1.